The maximum atomic E-state index is 15.2. The van der Waals surface area contributed by atoms with E-state index >= 15 is 8.78 Å². The Morgan fingerprint density at radius 3 is 1.72 bits per heavy atom. The van der Waals surface area contributed by atoms with Gasteiger partial charge in [0.25, 0.3) is 22.2 Å². The lowest BCUT2D eigenvalue weighted by Crippen LogP contribution is -2.33. The lowest BCUT2D eigenvalue weighted by Gasteiger charge is -2.31. The number of anilines is 2. The normalized spacial score (nSPS) is 16.1. The number of alkyl halides is 11. The number of pyridine rings is 4. The van der Waals surface area contributed by atoms with E-state index in [1.807, 2.05) is 5.10 Å². The first-order valence-electron chi connectivity index (χ1n) is 29.8. The van der Waals surface area contributed by atoms with E-state index in [0.717, 1.165) is 63.2 Å². The van der Waals surface area contributed by atoms with Crippen molar-refractivity contribution in [1.82, 2.24) is 64.0 Å². The molecule has 0 spiro atoms. The average molecular weight is 1340 g/mol. The van der Waals surface area contributed by atoms with Gasteiger partial charge in [0.2, 0.25) is 0 Å². The summed E-state index contributed by atoms with van der Waals surface area (Å²) in [7, 11) is 0. The van der Waals surface area contributed by atoms with Crippen LogP contribution in [-0.2, 0) is 30.2 Å². The van der Waals surface area contributed by atoms with Gasteiger partial charge in [0.05, 0.1) is 52.3 Å². The first-order valence-corrected chi connectivity index (χ1v) is 29.8. The van der Waals surface area contributed by atoms with E-state index in [9.17, 15) is 67.5 Å². The number of H-pyrrole nitrogens is 2. The van der Waals surface area contributed by atoms with Crippen LogP contribution in [0.4, 0.5) is 68.5 Å². The van der Waals surface area contributed by atoms with Crippen LogP contribution in [0.1, 0.15) is 81.8 Å². The molecular formula is C62H58F13N15O5. The van der Waals surface area contributed by atoms with Crippen LogP contribution < -0.4 is 38.2 Å². The van der Waals surface area contributed by atoms with Crippen LogP contribution in [0.2, 0.25) is 0 Å². The van der Waals surface area contributed by atoms with Crippen molar-refractivity contribution in [3.63, 3.8) is 0 Å². The molecule has 0 aliphatic heterocycles. The minimum absolute atomic E-state index is 0.0167. The Morgan fingerprint density at radius 1 is 0.632 bits per heavy atom. The number of halogens is 13. The molecule has 0 saturated heterocycles. The zero-order valence-corrected chi connectivity index (χ0v) is 49.8. The van der Waals surface area contributed by atoms with Gasteiger partial charge in [0, 0.05) is 68.3 Å². The topological polar surface area (TPSA) is 241 Å². The predicted molar refractivity (Wildman–Crippen MR) is 323 cm³/mol. The van der Waals surface area contributed by atoms with Crippen molar-refractivity contribution in [3.05, 3.63) is 186 Å². The SMILES string of the molecule is FC(F)(F)/C=C\NC1CCCCC1.O=c1[nH]ncc(N[C@H](CCCn2ccc3cc(-c4nc5ccccn5n4)c(F)cc3c2=O)COC(F)F)c1C(F)(F)F.O=c1[nH]ncc(N[C@H]2CCC[C@@H](Cn3ccc4cc(-c5nc6ccccn6n5)c(F)cc4c3=O)C2)c1C(F)(F)F. The highest BCUT2D eigenvalue weighted by atomic mass is 19.4. The van der Waals surface area contributed by atoms with Crippen molar-refractivity contribution in [2.75, 3.05) is 17.2 Å². The lowest BCUT2D eigenvalue weighted by molar-refractivity contribution is -0.139. The fourth-order valence-electron chi connectivity index (χ4n) is 11.5. The highest BCUT2D eigenvalue weighted by molar-refractivity contribution is 5.87. The van der Waals surface area contributed by atoms with Crippen LogP contribution in [-0.4, -0.2) is 96.2 Å². The summed E-state index contributed by atoms with van der Waals surface area (Å²) in [4.78, 5) is 58.6. The van der Waals surface area contributed by atoms with Crippen LogP contribution in [0.5, 0.6) is 0 Å². The van der Waals surface area contributed by atoms with Crippen LogP contribution in [0.25, 0.3) is 55.6 Å². The number of aryl methyl sites for hydroxylation is 1. The number of aromatic amines is 2. The molecular weight excluding hydrogens is 1280 g/mol. The molecule has 33 heteroatoms. The zero-order valence-electron chi connectivity index (χ0n) is 49.8. The molecule has 0 bridgehead atoms. The van der Waals surface area contributed by atoms with Gasteiger partial charge >= 0.3 is 25.1 Å². The van der Waals surface area contributed by atoms with E-state index in [-0.39, 0.29) is 88.3 Å². The summed E-state index contributed by atoms with van der Waals surface area (Å²) in [6.45, 7) is -3.53. The molecule has 5 N–H and O–H groups in total. The van der Waals surface area contributed by atoms with Gasteiger partial charge in [-0.2, -0.15) is 58.5 Å². The molecule has 2 aromatic carbocycles. The third kappa shape index (κ3) is 17.1. The van der Waals surface area contributed by atoms with E-state index in [4.69, 9.17) is 0 Å². The summed E-state index contributed by atoms with van der Waals surface area (Å²) in [5.74, 6) is -1.00. The summed E-state index contributed by atoms with van der Waals surface area (Å²) in [5.41, 5.74) is -6.29. The molecule has 2 aliphatic carbocycles. The minimum atomic E-state index is -5.04. The van der Waals surface area contributed by atoms with Crippen LogP contribution in [0, 0.1) is 17.6 Å². The third-order valence-corrected chi connectivity index (χ3v) is 15.9. The minimum Gasteiger partial charge on any atom is -0.388 e. The summed E-state index contributed by atoms with van der Waals surface area (Å²) in [6, 6.07) is 18.0. The number of fused-ring (bicyclic) bond motifs is 4. The zero-order chi connectivity index (χ0) is 67.8. The van der Waals surface area contributed by atoms with Gasteiger partial charge in [-0.15, -0.1) is 10.2 Å². The van der Waals surface area contributed by atoms with E-state index in [2.05, 4.69) is 51.0 Å². The van der Waals surface area contributed by atoms with Gasteiger partial charge in [0.1, 0.15) is 22.8 Å². The van der Waals surface area contributed by atoms with Crippen molar-refractivity contribution in [2.24, 2.45) is 5.92 Å². The maximum absolute atomic E-state index is 15.2. The van der Waals surface area contributed by atoms with Gasteiger partial charge in [-0.3, -0.25) is 19.2 Å². The second-order valence-electron chi connectivity index (χ2n) is 22.6. The Bertz CT molecular complexity index is 4550. The molecule has 3 atom stereocenters. The fourth-order valence-corrected chi connectivity index (χ4v) is 11.5. The van der Waals surface area contributed by atoms with E-state index < -0.39 is 82.9 Å². The van der Waals surface area contributed by atoms with Crippen LogP contribution >= 0.6 is 0 Å². The van der Waals surface area contributed by atoms with E-state index in [1.54, 1.807) is 82.8 Å². The van der Waals surface area contributed by atoms with Crippen molar-refractivity contribution in [3.8, 4) is 22.8 Å². The summed E-state index contributed by atoms with van der Waals surface area (Å²) in [6.07, 6.45) is 3.49. The van der Waals surface area contributed by atoms with Crippen molar-refractivity contribution in [2.45, 2.75) is 127 Å². The number of nitrogens with one attached hydrogen (secondary N) is 5. The quantitative estimate of drug-likeness (QED) is 0.0533. The first-order chi connectivity index (χ1) is 45.3. The molecule has 2 aliphatic rings. The number of ether oxygens (including phenoxy) is 1. The van der Waals surface area contributed by atoms with Gasteiger partial charge in [-0.25, -0.2) is 38.0 Å². The lowest BCUT2D eigenvalue weighted by atomic mass is 9.85. The van der Waals surface area contributed by atoms with Gasteiger partial charge < -0.3 is 29.8 Å². The Morgan fingerprint density at radius 2 is 1.17 bits per heavy atom. The monoisotopic (exact) mass is 1340 g/mol. The molecule has 0 unspecified atom stereocenters. The second-order valence-corrected chi connectivity index (χ2v) is 22.6. The molecule has 0 radical (unpaired) electrons. The summed E-state index contributed by atoms with van der Waals surface area (Å²) >= 11 is 0. The largest absolute Gasteiger partial charge is 0.423 e. The molecule has 95 heavy (non-hydrogen) atoms. The molecule has 8 aromatic heterocycles. The standard InChI is InChI=1S/C27H23F4N7O2.C26H21F6N7O3.C9H14F3N/c28-20-12-18-16(11-19(20)24-34-22-6-1-2-8-38(22)36-24)7-9-37(26(18)40)14-15-4-3-5-17(10-15)33-21-13-32-35-25(39)23(21)27(29,30)31;27-18-11-16-14(10-17(18)22-35-20-5-1-2-8-39(20)37-22)6-9-38(24(16)41)7-3-4-15(13-42-25(28)29)34-19-12-33-36-23(40)21(19)26(30,31)32;10-9(11,12)6-7-13-8-4-2-1-3-5-8/h1-2,6-9,11-13,15,17H,3-5,10,14H2,(H2,33,35,39);1-2,5-6,8-12,15,25H,3-4,7,13H2,(H2,34,36,40);6-8,13H,1-5H2/b;;7-6-/t15-,17+;15-;/m11./s1. The smallest absolute Gasteiger partial charge is 0.388 e. The van der Waals surface area contributed by atoms with Gasteiger partial charge in [-0.1, -0.05) is 37.8 Å². The second kappa shape index (κ2) is 29.1. The number of aromatic nitrogens is 12. The van der Waals surface area contributed by atoms with Crippen molar-refractivity contribution in [1.29, 1.82) is 0 Å². The molecule has 10 aromatic rings. The van der Waals surface area contributed by atoms with Crippen LogP contribution in [0.3, 0.4) is 0 Å². The number of rotatable bonds is 17. The molecule has 8 heterocycles. The maximum Gasteiger partial charge on any atom is 0.423 e. The highest BCUT2D eigenvalue weighted by Crippen LogP contribution is 2.36. The van der Waals surface area contributed by atoms with Gasteiger partial charge in [0.15, 0.2) is 22.9 Å². The number of allylic oxidation sites excluding steroid dienone is 1. The number of hydrogen-bond donors (Lipinski definition) is 5. The van der Waals surface area contributed by atoms with E-state index in [1.165, 1.54) is 38.4 Å². The molecule has 2 fully saturated rings. The number of benzene rings is 2. The number of hydrogen-bond acceptors (Lipinski definition) is 14. The first kappa shape index (κ1) is 67.9. The molecule has 12 rings (SSSR count). The van der Waals surface area contributed by atoms with E-state index in [0.29, 0.717) is 41.5 Å². The Kier molecular flexibility index (Phi) is 20.8. The Labute approximate surface area is 527 Å². The van der Waals surface area contributed by atoms with Crippen molar-refractivity contribution >= 4 is 44.2 Å². The highest BCUT2D eigenvalue weighted by Gasteiger charge is 2.39. The predicted octanol–water partition coefficient (Wildman–Crippen LogP) is 12.1. The van der Waals surface area contributed by atoms with Gasteiger partial charge in [-0.05, 0) is 122 Å². The van der Waals surface area contributed by atoms with Crippen molar-refractivity contribution < 1.29 is 61.8 Å². The average Bonchev–Trinajstić information content (AvgIpc) is 1.77. The Balaban J connectivity index is 0.000000174. The third-order valence-electron chi connectivity index (χ3n) is 15.9. The molecule has 20 nitrogen and oxygen atoms in total. The van der Waals surface area contributed by atoms with Crippen LogP contribution in [0.15, 0.2) is 141 Å². The number of nitrogens with zero attached hydrogens (tertiary/aromatic N) is 10. The fraction of sp³-hybridized carbons (Fsp3) is 0.355. The molecule has 0 amide bonds. The summed E-state index contributed by atoms with van der Waals surface area (Å²) in [5, 5.41) is 28.2. The Hall–Kier alpha value is -9.95. The summed E-state index contributed by atoms with van der Waals surface area (Å²) < 4.78 is 181. The molecule has 2 saturated carbocycles. The molecule has 502 valence electrons.